The van der Waals surface area contributed by atoms with Gasteiger partial charge in [0.2, 0.25) is 5.91 Å². The summed E-state index contributed by atoms with van der Waals surface area (Å²) in [7, 11) is 0. The Balaban J connectivity index is 1.59. The molecule has 3 aromatic rings. The summed E-state index contributed by atoms with van der Waals surface area (Å²) in [6.45, 7) is 4.46. The van der Waals surface area contributed by atoms with Gasteiger partial charge in [-0.2, -0.15) is 4.98 Å². The molecule has 26 heavy (non-hydrogen) atoms. The molecule has 0 spiro atoms. The van der Waals surface area contributed by atoms with Gasteiger partial charge in [-0.05, 0) is 43.7 Å². The van der Waals surface area contributed by atoms with Crippen molar-refractivity contribution in [3.8, 4) is 11.5 Å². The normalized spacial score (nSPS) is 17.1. The lowest BCUT2D eigenvalue weighted by atomic mass is 10.1. The molecule has 0 bridgehead atoms. The molecule has 1 fully saturated rings. The van der Waals surface area contributed by atoms with Crippen LogP contribution in [-0.4, -0.2) is 22.6 Å². The lowest BCUT2D eigenvalue weighted by molar-refractivity contribution is -0.117. The summed E-state index contributed by atoms with van der Waals surface area (Å²) >= 11 is 6.20. The van der Waals surface area contributed by atoms with E-state index in [1.165, 1.54) is 0 Å². The zero-order valence-corrected chi connectivity index (χ0v) is 15.3. The number of carbonyl (C=O) groups is 1. The summed E-state index contributed by atoms with van der Waals surface area (Å²) in [5.74, 6) is 0.996. The monoisotopic (exact) mass is 367 g/mol. The van der Waals surface area contributed by atoms with Crippen molar-refractivity contribution in [2.75, 3.05) is 11.4 Å². The number of hydrogen-bond acceptors (Lipinski definition) is 4. The van der Waals surface area contributed by atoms with E-state index >= 15 is 0 Å². The first-order valence-corrected chi connectivity index (χ1v) is 8.87. The fraction of sp³-hybridized carbons (Fsp3) is 0.250. The van der Waals surface area contributed by atoms with Crippen LogP contribution in [-0.2, 0) is 4.79 Å². The van der Waals surface area contributed by atoms with Gasteiger partial charge in [0.25, 0.3) is 5.89 Å². The number of carbonyl (C=O) groups excluding carboxylic acids is 1. The second kappa shape index (κ2) is 6.57. The van der Waals surface area contributed by atoms with Crippen LogP contribution in [0.5, 0.6) is 0 Å². The molecule has 1 amide bonds. The van der Waals surface area contributed by atoms with Crippen LogP contribution in [0.25, 0.3) is 11.5 Å². The molecule has 2 aromatic carbocycles. The van der Waals surface area contributed by atoms with Crippen molar-refractivity contribution in [2.45, 2.75) is 26.2 Å². The summed E-state index contributed by atoms with van der Waals surface area (Å²) in [5, 5.41) is 4.77. The third kappa shape index (κ3) is 2.99. The lowest BCUT2D eigenvalue weighted by Crippen LogP contribution is -2.25. The highest BCUT2D eigenvalue weighted by Gasteiger charge is 2.35. The average molecular weight is 368 g/mol. The molecule has 1 atom stereocenters. The molecule has 1 aliphatic rings. The maximum absolute atomic E-state index is 12.5. The predicted molar refractivity (Wildman–Crippen MR) is 100 cm³/mol. The van der Waals surface area contributed by atoms with Crippen LogP contribution in [0.3, 0.4) is 0 Å². The van der Waals surface area contributed by atoms with Gasteiger partial charge in [-0.15, -0.1) is 0 Å². The summed E-state index contributed by atoms with van der Waals surface area (Å²) in [6.07, 6.45) is 0.360. The molecule has 5 nitrogen and oxygen atoms in total. The Hall–Kier alpha value is -2.66. The van der Waals surface area contributed by atoms with Crippen molar-refractivity contribution in [1.29, 1.82) is 0 Å². The van der Waals surface area contributed by atoms with Crippen LogP contribution in [0.15, 0.2) is 47.0 Å². The van der Waals surface area contributed by atoms with Crippen molar-refractivity contribution < 1.29 is 9.32 Å². The Labute approximate surface area is 156 Å². The molecule has 132 valence electrons. The van der Waals surface area contributed by atoms with E-state index < -0.39 is 0 Å². The average Bonchev–Trinajstić information content (AvgIpc) is 3.24. The van der Waals surface area contributed by atoms with Crippen molar-refractivity contribution in [2.24, 2.45) is 0 Å². The summed E-state index contributed by atoms with van der Waals surface area (Å²) in [6, 6.07) is 13.5. The molecule has 1 unspecified atom stereocenters. The van der Waals surface area contributed by atoms with Crippen LogP contribution >= 0.6 is 11.6 Å². The van der Waals surface area contributed by atoms with Crippen LogP contribution < -0.4 is 4.90 Å². The summed E-state index contributed by atoms with van der Waals surface area (Å²) < 4.78 is 5.43. The Kier molecular flexibility index (Phi) is 4.24. The van der Waals surface area contributed by atoms with Crippen molar-refractivity contribution >= 4 is 23.2 Å². The molecule has 4 rings (SSSR count). The molecule has 0 saturated carbocycles. The van der Waals surface area contributed by atoms with Gasteiger partial charge in [0, 0.05) is 35.2 Å². The molecule has 0 aliphatic carbocycles. The quantitative estimate of drug-likeness (QED) is 0.682. The first kappa shape index (κ1) is 16.8. The summed E-state index contributed by atoms with van der Waals surface area (Å²) in [4.78, 5) is 18.8. The highest BCUT2D eigenvalue weighted by atomic mass is 35.5. The number of anilines is 1. The van der Waals surface area contributed by atoms with Crippen LogP contribution in [0.4, 0.5) is 5.69 Å². The molecule has 1 aliphatic heterocycles. The van der Waals surface area contributed by atoms with Gasteiger partial charge in [0.15, 0.2) is 5.82 Å². The first-order valence-electron chi connectivity index (χ1n) is 8.49. The Morgan fingerprint density at radius 1 is 1.19 bits per heavy atom. The Bertz CT molecular complexity index is 983. The minimum Gasteiger partial charge on any atom is -0.334 e. The van der Waals surface area contributed by atoms with Gasteiger partial charge < -0.3 is 9.42 Å². The lowest BCUT2D eigenvalue weighted by Gasteiger charge is -2.19. The van der Waals surface area contributed by atoms with Crippen LogP contribution in [0.1, 0.15) is 29.3 Å². The Morgan fingerprint density at radius 2 is 2.00 bits per heavy atom. The second-order valence-electron chi connectivity index (χ2n) is 6.62. The fourth-order valence-electron chi connectivity index (χ4n) is 3.30. The predicted octanol–water partition coefficient (Wildman–Crippen LogP) is 4.53. The SMILES string of the molecule is Cc1cccc(-c2nc(C3CC(=O)N(c4cccc(Cl)c4C)C3)no2)c1. The van der Waals surface area contributed by atoms with Crippen molar-refractivity contribution in [3.63, 3.8) is 0 Å². The topological polar surface area (TPSA) is 59.2 Å². The minimum absolute atomic E-state index is 0.0438. The first-order chi connectivity index (χ1) is 12.5. The van der Waals surface area contributed by atoms with Crippen molar-refractivity contribution in [3.05, 3.63) is 64.4 Å². The van der Waals surface area contributed by atoms with E-state index in [9.17, 15) is 4.79 Å². The number of aromatic nitrogens is 2. The minimum atomic E-state index is -0.0943. The number of amides is 1. The zero-order chi connectivity index (χ0) is 18.3. The summed E-state index contributed by atoms with van der Waals surface area (Å²) in [5.41, 5.74) is 3.75. The van der Waals surface area contributed by atoms with E-state index in [0.717, 1.165) is 22.4 Å². The standard InChI is InChI=1S/C20H18ClN3O2/c1-12-5-3-6-14(9-12)20-22-19(23-26-20)15-10-18(25)24(11-15)17-8-4-7-16(21)13(17)2/h3-9,15H,10-11H2,1-2H3. The number of halogens is 1. The largest absolute Gasteiger partial charge is 0.334 e. The van der Waals surface area contributed by atoms with E-state index in [0.29, 0.717) is 29.7 Å². The number of benzene rings is 2. The number of hydrogen-bond donors (Lipinski definition) is 0. The third-order valence-corrected chi connectivity index (χ3v) is 5.14. The molecule has 0 radical (unpaired) electrons. The fourth-order valence-corrected chi connectivity index (χ4v) is 3.47. The number of aryl methyl sites for hydroxylation is 1. The van der Waals surface area contributed by atoms with Gasteiger partial charge >= 0.3 is 0 Å². The number of rotatable bonds is 3. The highest BCUT2D eigenvalue weighted by Crippen LogP contribution is 2.35. The molecular formula is C20H18ClN3O2. The van der Waals surface area contributed by atoms with E-state index in [-0.39, 0.29) is 11.8 Å². The van der Waals surface area contributed by atoms with Gasteiger partial charge in [-0.25, -0.2) is 0 Å². The molecular weight excluding hydrogens is 350 g/mol. The smallest absolute Gasteiger partial charge is 0.257 e. The van der Waals surface area contributed by atoms with E-state index in [1.54, 1.807) is 4.90 Å². The number of nitrogens with zero attached hydrogens (tertiary/aromatic N) is 3. The third-order valence-electron chi connectivity index (χ3n) is 4.73. The van der Waals surface area contributed by atoms with Gasteiger partial charge in [0.05, 0.1) is 0 Å². The maximum Gasteiger partial charge on any atom is 0.257 e. The molecule has 2 heterocycles. The van der Waals surface area contributed by atoms with Gasteiger partial charge in [-0.3, -0.25) is 4.79 Å². The van der Waals surface area contributed by atoms with Crippen LogP contribution in [0, 0.1) is 13.8 Å². The van der Waals surface area contributed by atoms with E-state index in [4.69, 9.17) is 16.1 Å². The second-order valence-corrected chi connectivity index (χ2v) is 7.02. The molecule has 0 N–H and O–H groups in total. The van der Waals surface area contributed by atoms with Crippen molar-refractivity contribution in [1.82, 2.24) is 10.1 Å². The van der Waals surface area contributed by atoms with E-state index in [1.807, 2.05) is 56.3 Å². The molecule has 1 saturated heterocycles. The maximum atomic E-state index is 12.5. The zero-order valence-electron chi connectivity index (χ0n) is 14.6. The van der Waals surface area contributed by atoms with Gasteiger partial charge in [0.1, 0.15) is 0 Å². The highest BCUT2D eigenvalue weighted by molar-refractivity contribution is 6.31. The van der Waals surface area contributed by atoms with Crippen LogP contribution in [0.2, 0.25) is 5.02 Å². The molecule has 6 heteroatoms. The van der Waals surface area contributed by atoms with E-state index in [2.05, 4.69) is 10.1 Å². The molecule has 1 aromatic heterocycles. The van der Waals surface area contributed by atoms with Gasteiger partial charge in [-0.1, -0.05) is 40.5 Å². The Morgan fingerprint density at radius 3 is 2.81 bits per heavy atom.